The van der Waals surface area contributed by atoms with Gasteiger partial charge in [-0.2, -0.15) is 18.2 Å². The Hall–Kier alpha value is -3.71. The fourth-order valence-corrected chi connectivity index (χ4v) is 6.17. The highest BCUT2D eigenvalue weighted by Crippen LogP contribution is 2.41. The van der Waals surface area contributed by atoms with Crippen LogP contribution in [0.1, 0.15) is 34.0 Å². The van der Waals surface area contributed by atoms with Crippen molar-refractivity contribution in [2.24, 2.45) is 0 Å². The molecule has 2 aromatic carbocycles. The zero-order valence-corrected chi connectivity index (χ0v) is 25.8. The lowest BCUT2D eigenvalue weighted by Crippen LogP contribution is -2.44. The molecule has 0 spiro atoms. The van der Waals surface area contributed by atoms with Crippen molar-refractivity contribution >= 4 is 43.1 Å². The van der Waals surface area contributed by atoms with Crippen molar-refractivity contribution in [3.8, 4) is 5.75 Å². The number of aromatic nitrogens is 2. The van der Waals surface area contributed by atoms with Gasteiger partial charge in [0.2, 0.25) is 5.95 Å². The van der Waals surface area contributed by atoms with Gasteiger partial charge in [-0.1, -0.05) is 6.07 Å². The van der Waals surface area contributed by atoms with Crippen molar-refractivity contribution < 1.29 is 32.1 Å². The summed E-state index contributed by atoms with van der Waals surface area (Å²) in [5.41, 5.74) is 2.34. The number of hydrogen-bond acceptors (Lipinski definition) is 10. The van der Waals surface area contributed by atoms with E-state index in [1.807, 2.05) is 6.07 Å². The molecule has 0 bridgehead atoms. The SMILES string of the molecule is CCOP(O)Cc1ccc(Nc2ncc(C(F)(F)F)c(Nc3ccc(N4CCN(C)CC4)c4c3C(=O)N(C)C4)n2)c(OC)c1. The van der Waals surface area contributed by atoms with Crippen molar-refractivity contribution in [1.29, 1.82) is 0 Å². The molecule has 1 aromatic heterocycles. The molecule has 0 saturated carbocycles. The Labute approximate surface area is 254 Å². The van der Waals surface area contributed by atoms with Crippen LogP contribution < -0.4 is 20.3 Å². The number of carbonyl (C=O) groups excluding carboxylic acids is 1. The zero-order chi connectivity index (χ0) is 31.6. The highest BCUT2D eigenvalue weighted by atomic mass is 31.2. The fourth-order valence-electron chi connectivity index (χ4n) is 5.27. The maximum absolute atomic E-state index is 14.1. The summed E-state index contributed by atoms with van der Waals surface area (Å²) in [6.45, 7) is 5.83. The van der Waals surface area contributed by atoms with Gasteiger partial charge in [0.05, 0.1) is 30.7 Å². The Kier molecular flexibility index (Phi) is 9.45. The number of benzene rings is 2. The second kappa shape index (κ2) is 13.1. The second-order valence-corrected chi connectivity index (χ2v) is 11.9. The van der Waals surface area contributed by atoms with Crippen molar-refractivity contribution in [3.05, 3.63) is 58.8 Å². The molecule has 2 aliphatic heterocycles. The number of rotatable bonds is 10. The molecule has 0 aliphatic carbocycles. The van der Waals surface area contributed by atoms with E-state index in [9.17, 15) is 22.9 Å². The van der Waals surface area contributed by atoms with E-state index in [1.54, 1.807) is 43.1 Å². The number of nitrogens with one attached hydrogen (secondary N) is 2. The summed E-state index contributed by atoms with van der Waals surface area (Å²) in [4.78, 5) is 37.4. The van der Waals surface area contributed by atoms with E-state index < -0.39 is 25.9 Å². The summed E-state index contributed by atoms with van der Waals surface area (Å²) < 4.78 is 53.0. The number of amides is 1. The molecule has 0 radical (unpaired) electrons. The van der Waals surface area contributed by atoms with Crippen molar-refractivity contribution in [2.45, 2.75) is 25.8 Å². The third-order valence-corrected chi connectivity index (χ3v) is 8.74. The molecule has 3 aromatic rings. The van der Waals surface area contributed by atoms with E-state index in [0.717, 1.165) is 43.0 Å². The van der Waals surface area contributed by atoms with Crippen LogP contribution in [-0.4, -0.2) is 84.6 Å². The van der Waals surface area contributed by atoms with Gasteiger partial charge in [-0.3, -0.25) is 4.79 Å². The first-order valence-electron chi connectivity index (χ1n) is 14.1. The molecule has 2 aliphatic rings. The predicted molar refractivity (Wildman–Crippen MR) is 163 cm³/mol. The number of piperazine rings is 1. The lowest BCUT2D eigenvalue weighted by molar-refractivity contribution is -0.137. The number of anilines is 5. The molecule has 5 rings (SSSR count). The molecular weight excluding hydrogens is 598 g/mol. The van der Waals surface area contributed by atoms with Gasteiger partial charge >= 0.3 is 6.18 Å². The summed E-state index contributed by atoms with van der Waals surface area (Å²) in [7, 11) is 3.54. The Balaban J connectivity index is 1.47. The monoisotopic (exact) mass is 633 g/mol. The largest absolute Gasteiger partial charge is 0.495 e. The van der Waals surface area contributed by atoms with Crippen molar-refractivity contribution in [1.82, 2.24) is 19.8 Å². The first-order chi connectivity index (χ1) is 21.0. The number of methoxy groups -OCH3 is 1. The van der Waals surface area contributed by atoms with Crippen LogP contribution in [0.5, 0.6) is 5.75 Å². The fraction of sp³-hybridized carbons (Fsp3) is 0.414. The molecule has 1 fully saturated rings. The van der Waals surface area contributed by atoms with Gasteiger partial charge in [0.1, 0.15) is 17.1 Å². The number of alkyl halides is 3. The molecule has 1 atom stereocenters. The molecule has 44 heavy (non-hydrogen) atoms. The van der Waals surface area contributed by atoms with Crippen LogP contribution in [0.4, 0.5) is 42.0 Å². The second-order valence-electron chi connectivity index (χ2n) is 10.6. The summed E-state index contributed by atoms with van der Waals surface area (Å²) in [5.74, 6) is -0.504. The van der Waals surface area contributed by atoms with Crippen LogP contribution >= 0.6 is 8.38 Å². The Morgan fingerprint density at radius 3 is 2.48 bits per heavy atom. The van der Waals surface area contributed by atoms with Gasteiger partial charge in [0.25, 0.3) is 5.91 Å². The Bertz CT molecular complexity index is 1520. The van der Waals surface area contributed by atoms with E-state index in [-0.39, 0.29) is 23.7 Å². The molecule has 3 N–H and O–H groups in total. The quantitative estimate of drug-likeness (QED) is 0.259. The number of hydrogen-bond donors (Lipinski definition) is 3. The third-order valence-electron chi connectivity index (χ3n) is 7.54. The lowest BCUT2D eigenvalue weighted by Gasteiger charge is -2.35. The Morgan fingerprint density at radius 1 is 1.07 bits per heavy atom. The number of nitrogens with zero attached hydrogens (tertiary/aromatic N) is 5. The number of carbonyl (C=O) groups is 1. The standard InChI is InChI=1S/C29H35F3N7O4P/c1-5-43-44(41)17-18-6-7-21(24(14-18)42-4)35-28-33-15-20(29(30,31)32)26(36-28)34-22-8-9-23(39-12-10-37(2)11-13-39)19-16-38(3)27(40)25(19)22/h6-9,14-15,41H,5,10-13,16-17H2,1-4H3,(H2,33,34,35,36). The molecule has 1 unspecified atom stereocenters. The maximum Gasteiger partial charge on any atom is 0.421 e. The summed E-state index contributed by atoms with van der Waals surface area (Å²) >= 11 is 0. The van der Waals surface area contributed by atoms with Gasteiger partial charge in [0.15, 0.2) is 8.38 Å². The first-order valence-corrected chi connectivity index (χ1v) is 15.5. The molecule has 1 amide bonds. The van der Waals surface area contributed by atoms with Crippen molar-refractivity contribution in [3.63, 3.8) is 0 Å². The van der Waals surface area contributed by atoms with Crippen LogP contribution in [0, 0.1) is 0 Å². The highest BCUT2D eigenvalue weighted by molar-refractivity contribution is 7.45. The highest BCUT2D eigenvalue weighted by Gasteiger charge is 2.37. The summed E-state index contributed by atoms with van der Waals surface area (Å²) in [5, 5.41) is 5.74. The van der Waals surface area contributed by atoms with Crippen LogP contribution in [0.25, 0.3) is 0 Å². The Morgan fingerprint density at radius 2 is 1.80 bits per heavy atom. The normalized spacial score (nSPS) is 16.2. The first kappa shape index (κ1) is 31.7. The minimum Gasteiger partial charge on any atom is -0.495 e. The van der Waals surface area contributed by atoms with Gasteiger partial charge in [-0.05, 0) is 43.8 Å². The molecular formula is C29H35F3N7O4P. The van der Waals surface area contributed by atoms with E-state index in [2.05, 4.69) is 37.4 Å². The predicted octanol–water partition coefficient (Wildman–Crippen LogP) is 5.17. The van der Waals surface area contributed by atoms with Gasteiger partial charge in [-0.15, -0.1) is 0 Å². The van der Waals surface area contributed by atoms with Crippen LogP contribution in [0.3, 0.4) is 0 Å². The summed E-state index contributed by atoms with van der Waals surface area (Å²) in [6.07, 6.45) is -3.77. The van der Waals surface area contributed by atoms with Gasteiger partial charge in [0, 0.05) is 63.4 Å². The van der Waals surface area contributed by atoms with Gasteiger partial charge < -0.3 is 39.5 Å². The number of likely N-dealkylation sites (N-methyl/N-ethyl adjacent to an activating group) is 1. The number of ether oxygens (including phenoxy) is 1. The van der Waals surface area contributed by atoms with Crippen LogP contribution in [0.15, 0.2) is 36.5 Å². The van der Waals surface area contributed by atoms with E-state index in [1.165, 1.54) is 7.11 Å². The minimum atomic E-state index is -4.76. The zero-order valence-electron chi connectivity index (χ0n) is 24.9. The van der Waals surface area contributed by atoms with Crippen LogP contribution in [-0.2, 0) is 23.4 Å². The smallest absolute Gasteiger partial charge is 0.421 e. The average molecular weight is 634 g/mol. The number of halogens is 3. The third kappa shape index (κ3) is 6.83. The molecule has 1 saturated heterocycles. The number of fused-ring (bicyclic) bond motifs is 1. The van der Waals surface area contributed by atoms with E-state index >= 15 is 0 Å². The lowest BCUT2D eigenvalue weighted by atomic mass is 10.0. The summed E-state index contributed by atoms with van der Waals surface area (Å²) in [6, 6.07) is 8.59. The maximum atomic E-state index is 14.1. The molecule has 3 heterocycles. The average Bonchev–Trinajstić information content (AvgIpc) is 3.28. The van der Waals surface area contributed by atoms with Crippen molar-refractivity contribution in [2.75, 3.05) is 69.5 Å². The van der Waals surface area contributed by atoms with E-state index in [0.29, 0.717) is 36.3 Å². The molecule has 15 heteroatoms. The molecule has 236 valence electrons. The topological polar surface area (TPSA) is 115 Å². The van der Waals surface area contributed by atoms with Crippen LogP contribution in [0.2, 0.25) is 0 Å². The van der Waals surface area contributed by atoms with E-state index in [4.69, 9.17) is 9.26 Å². The minimum absolute atomic E-state index is 0.112. The molecule has 11 nitrogen and oxygen atoms in total. The van der Waals surface area contributed by atoms with Gasteiger partial charge in [-0.25, -0.2) is 4.98 Å².